The largest absolute Gasteiger partial charge is 0.378 e. The normalized spacial score (nSPS) is 17.4. The van der Waals surface area contributed by atoms with Crippen molar-refractivity contribution in [3.63, 3.8) is 0 Å². The molecule has 0 saturated carbocycles. The highest BCUT2D eigenvalue weighted by molar-refractivity contribution is 8.00. The summed E-state index contributed by atoms with van der Waals surface area (Å²) in [6.45, 7) is -0.0650. The maximum atomic E-state index is 13.9. The third-order valence-corrected chi connectivity index (χ3v) is 5.31. The minimum absolute atomic E-state index is 0.0650. The molecule has 2 aromatic carbocycles. The van der Waals surface area contributed by atoms with Gasteiger partial charge in [-0.05, 0) is 29.8 Å². The van der Waals surface area contributed by atoms with Gasteiger partial charge in [0.05, 0.1) is 12.3 Å². The molecular formula is C18H18F2N2OS. The molecule has 2 aromatic rings. The smallest absolute Gasteiger partial charge is 0.234 e. The van der Waals surface area contributed by atoms with Gasteiger partial charge in [0.15, 0.2) is 0 Å². The van der Waals surface area contributed by atoms with E-state index in [1.165, 1.54) is 34.9 Å². The molecule has 0 aliphatic carbocycles. The van der Waals surface area contributed by atoms with Crippen LogP contribution in [0.25, 0.3) is 0 Å². The second-order valence-corrected chi connectivity index (χ2v) is 6.94. The van der Waals surface area contributed by atoms with Gasteiger partial charge in [0.2, 0.25) is 5.91 Å². The van der Waals surface area contributed by atoms with Crippen molar-refractivity contribution in [1.29, 1.82) is 0 Å². The molecule has 0 radical (unpaired) electrons. The van der Waals surface area contributed by atoms with Gasteiger partial charge >= 0.3 is 0 Å². The average Bonchev–Trinajstić information content (AvgIpc) is 2.92. The number of benzene rings is 2. The lowest BCUT2D eigenvalue weighted by atomic mass is 10.1. The molecule has 1 saturated heterocycles. The van der Waals surface area contributed by atoms with Gasteiger partial charge in [-0.3, -0.25) is 4.79 Å². The molecule has 1 aliphatic heterocycles. The van der Waals surface area contributed by atoms with E-state index in [0.717, 1.165) is 11.3 Å². The number of carbonyl (C=O) groups excluding carboxylic acids is 1. The van der Waals surface area contributed by atoms with Crippen LogP contribution in [0.3, 0.4) is 0 Å². The van der Waals surface area contributed by atoms with Gasteiger partial charge in [0.1, 0.15) is 17.0 Å². The predicted molar refractivity (Wildman–Crippen MR) is 92.9 cm³/mol. The van der Waals surface area contributed by atoms with Crippen LogP contribution in [-0.4, -0.2) is 30.7 Å². The first-order valence-corrected chi connectivity index (χ1v) is 8.63. The number of rotatable bonds is 4. The molecule has 0 bridgehead atoms. The number of hydrogen-bond donors (Lipinski definition) is 0. The lowest BCUT2D eigenvalue weighted by molar-refractivity contribution is -0.128. The minimum Gasteiger partial charge on any atom is -0.378 e. The molecule has 1 unspecified atom stereocenters. The fourth-order valence-corrected chi connectivity index (χ4v) is 3.88. The average molecular weight is 348 g/mol. The Morgan fingerprint density at radius 3 is 2.33 bits per heavy atom. The number of thioether (sulfide) groups is 1. The topological polar surface area (TPSA) is 23.6 Å². The Labute approximate surface area is 144 Å². The summed E-state index contributed by atoms with van der Waals surface area (Å²) in [5, 5.41) is -0.229. The summed E-state index contributed by atoms with van der Waals surface area (Å²) in [4.78, 5) is 15.7. The zero-order valence-corrected chi connectivity index (χ0v) is 14.3. The summed E-state index contributed by atoms with van der Waals surface area (Å²) in [6.07, 6.45) is 0. The second-order valence-electron chi connectivity index (χ2n) is 5.87. The van der Waals surface area contributed by atoms with Crippen LogP contribution in [0.1, 0.15) is 16.5 Å². The minimum atomic E-state index is -0.624. The Morgan fingerprint density at radius 2 is 1.75 bits per heavy atom. The lowest BCUT2D eigenvalue weighted by Gasteiger charge is -2.25. The van der Waals surface area contributed by atoms with E-state index < -0.39 is 11.6 Å². The lowest BCUT2D eigenvalue weighted by Crippen LogP contribution is -2.28. The van der Waals surface area contributed by atoms with Crippen molar-refractivity contribution >= 4 is 23.4 Å². The number of anilines is 1. The Hall–Kier alpha value is -2.08. The molecular weight excluding hydrogens is 330 g/mol. The van der Waals surface area contributed by atoms with Crippen molar-refractivity contribution in [3.05, 3.63) is 65.2 Å². The number of halogens is 2. The van der Waals surface area contributed by atoms with E-state index in [4.69, 9.17) is 0 Å². The third-order valence-electron chi connectivity index (χ3n) is 4.05. The number of nitrogens with zero attached hydrogens (tertiary/aromatic N) is 2. The summed E-state index contributed by atoms with van der Waals surface area (Å²) in [5.74, 6) is -1.04. The van der Waals surface area contributed by atoms with E-state index in [9.17, 15) is 13.6 Å². The Kier molecular flexibility index (Phi) is 4.76. The SMILES string of the molecule is CN(C)c1ccc(C2SCC(=O)N2Cc2c(F)cccc2F)cc1. The van der Waals surface area contributed by atoms with Gasteiger partial charge < -0.3 is 9.80 Å². The number of hydrogen-bond acceptors (Lipinski definition) is 3. The molecule has 0 spiro atoms. The Morgan fingerprint density at radius 1 is 1.12 bits per heavy atom. The highest BCUT2D eigenvalue weighted by atomic mass is 32.2. The van der Waals surface area contributed by atoms with Gasteiger partial charge in [-0.15, -0.1) is 11.8 Å². The molecule has 1 fully saturated rings. The van der Waals surface area contributed by atoms with Crippen LogP contribution >= 0.6 is 11.8 Å². The molecule has 1 aliphatic rings. The molecule has 126 valence electrons. The first kappa shape index (κ1) is 16.8. The summed E-state index contributed by atoms with van der Waals surface area (Å²) in [6, 6.07) is 11.6. The zero-order valence-electron chi connectivity index (χ0n) is 13.5. The standard InChI is InChI=1S/C18H18F2N2OS/c1-21(2)13-8-6-12(7-9-13)18-22(17(23)11-24-18)10-14-15(19)4-3-5-16(14)20/h3-9,18H,10-11H2,1-2H3. The van der Waals surface area contributed by atoms with Gasteiger partial charge in [-0.2, -0.15) is 0 Å². The van der Waals surface area contributed by atoms with Crippen molar-refractivity contribution in [1.82, 2.24) is 4.90 Å². The van der Waals surface area contributed by atoms with Gasteiger partial charge in [-0.25, -0.2) is 8.78 Å². The molecule has 3 rings (SSSR count). The quantitative estimate of drug-likeness (QED) is 0.840. The first-order chi connectivity index (χ1) is 11.5. The summed E-state index contributed by atoms with van der Waals surface area (Å²) in [5.41, 5.74) is 1.94. The maximum Gasteiger partial charge on any atom is 0.234 e. The van der Waals surface area contributed by atoms with Crippen LogP contribution in [0.2, 0.25) is 0 Å². The molecule has 0 aromatic heterocycles. The first-order valence-electron chi connectivity index (χ1n) is 7.58. The van der Waals surface area contributed by atoms with Gasteiger partial charge in [-0.1, -0.05) is 18.2 Å². The van der Waals surface area contributed by atoms with Crippen molar-refractivity contribution in [2.24, 2.45) is 0 Å². The molecule has 3 nitrogen and oxygen atoms in total. The summed E-state index contributed by atoms with van der Waals surface area (Å²) < 4.78 is 27.8. The Bertz CT molecular complexity index is 729. The number of carbonyl (C=O) groups is 1. The monoisotopic (exact) mass is 348 g/mol. The fourth-order valence-electron chi connectivity index (χ4n) is 2.69. The van der Waals surface area contributed by atoms with Crippen LogP contribution in [0.5, 0.6) is 0 Å². The summed E-state index contributed by atoms with van der Waals surface area (Å²) >= 11 is 1.47. The van der Waals surface area contributed by atoms with Gasteiger partial charge in [0, 0.05) is 25.3 Å². The second kappa shape index (κ2) is 6.81. The molecule has 1 heterocycles. The van der Waals surface area contributed by atoms with Crippen LogP contribution in [0.15, 0.2) is 42.5 Å². The van der Waals surface area contributed by atoms with E-state index in [1.807, 2.05) is 43.3 Å². The molecule has 6 heteroatoms. The van der Waals surface area contributed by atoms with Crippen molar-refractivity contribution in [2.45, 2.75) is 11.9 Å². The van der Waals surface area contributed by atoms with E-state index >= 15 is 0 Å². The highest BCUT2D eigenvalue weighted by Crippen LogP contribution is 2.40. The van der Waals surface area contributed by atoms with Crippen LogP contribution < -0.4 is 4.90 Å². The van der Waals surface area contributed by atoms with E-state index in [-0.39, 0.29) is 23.4 Å². The number of amides is 1. The van der Waals surface area contributed by atoms with Crippen molar-refractivity contribution in [2.75, 3.05) is 24.7 Å². The van der Waals surface area contributed by atoms with Crippen LogP contribution in [-0.2, 0) is 11.3 Å². The Balaban J connectivity index is 1.87. The predicted octanol–water partition coefficient (Wildman–Crippen LogP) is 3.81. The van der Waals surface area contributed by atoms with E-state index in [0.29, 0.717) is 5.75 Å². The summed E-state index contributed by atoms with van der Waals surface area (Å²) in [7, 11) is 3.91. The maximum absolute atomic E-state index is 13.9. The zero-order chi connectivity index (χ0) is 17.3. The fraction of sp³-hybridized carbons (Fsp3) is 0.278. The van der Waals surface area contributed by atoms with Crippen LogP contribution in [0, 0.1) is 11.6 Å². The van der Waals surface area contributed by atoms with Crippen LogP contribution in [0.4, 0.5) is 14.5 Å². The molecule has 1 amide bonds. The third kappa shape index (κ3) is 3.24. The van der Waals surface area contributed by atoms with E-state index in [1.54, 1.807) is 0 Å². The molecule has 1 atom stereocenters. The van der Waals surface area contributed by atoms with E-state index in [2.05, 4.69) is 0 Å². The molecule has 0 N–H and O–H groups in total. The molecule has 24 heavy (non-hydrogen) atoms. The van der Waals surface area contributed by atoms with Crippen molar-refractivity contribution in [3.8, 4) is 0 Å². The van der Waals surface area contributed by atoms with Crippen molar-refractivity contribution < 1.29 is 13.6 Å². The highest BCUT2D eigenvalue weighted by Gasteiger charge is 2.33. The van der Waals surface area contributed by atoms with Gasteiger partial charge in [0.25, 0.3) is 0 Å².